The third-order valence-electron chi connectivity index (χ3n) is 1.65. The lowest BCUT2D eigenvalue weighted by Crippen LogP contribution is -2.31. The molecule has 82 valence electrons. The molecule has 0 radical (unpaired) electrons. The Bertz CT molecular complexity index is 186. The standard InChI is InChI=1S/C9H18ClN2OP/c1-8(2)12(9(3)4)14(10)13-7-5-6-11/h8-9H,5,7H2,1-4H3/t14-/m1/s1. The summed E-state index contributed by atoms with van der Waals surface area (Å²) in [4.78, 5) is 0. The van der Waals surface area contributed by atoms with Gasteiger partial charge in [-0.05, 0) is 38.9 Å². The van der Waals surface area contributed by atoms with Crippen molar-refractivity contribution in [3.63, 3.8) is 0 Å². The van der Waals surface area contributed by atoms with Crippen molar-refractivity contribution >= 4 is 18.9 Å². The van der Waals surface area contributed by atoms with E-state index in [0.717, 1.165) is 0 Å². The summed E-state index contributed by atoms with van der Waals surface area (Å²) in [5.41, 5.74) is 0. The molecular formula is C9H18ClN2OP. The highest BCUT2D eigenvalue weighted by Gasteiger charge is 2.23. The number of nitriles is 1. The Hall–Kier alpha value is 0.130. The molecule has 0 aromatic heterocycles. The summed E-state index contributed by atoms with van der Waals surface area (Å²) in [5, 5.41) is 8.36. The van der Waals surface area contributed by atoms with Gasteiger partial charge in [0.2, 0.25) is 7.65 Å². The minimum atomic E-state index is -1.08. The topological polar surface area (TPSA) is 36.3 Å². The van der Waals surface area contributed by atoms with Crippen molar-refractivity contribution in [1.29, 1.82) is 5.26 Å². The summed E-state index contributed by atoms with van der Waals surface area (Å²) in [6.45, 7) is 8.77. The zero-order valence-electron chi connectivity index (χ0n) is 9.20. The van der Waals surface area contributed by atoms with Crippen LogP contribution in [0.25, 0.3) is 0 Å². The van der Waals surface area contributed by atoms with Crippen molar-refractivity contribution in [3.8, 4) is 6.07 Å². The predicted molar refractivity (Wildman–Crippen MR) is 61.1 cm³/mol. The van der Waals surface area contributed by atoms with Crippen molar-refractivity contribution in [2.45, 2.75) is 46.2 Å². The first-order valence-electron chi connectivity index (χ1n) is 4.74. The molecule has 0 saturated heterocycles. The van der Waals surface area contributed by atoms with Gasteiger partial charge >= 0.3 is 0 Å². The van der Waals surface area contributed by atoms with Crippen LogP contribution in [0.4, 0.5) is 0 Å². The molecule has 0 aliphatic rings. The van der Waals surface area contributed by atoms with E-state index < -0.39 is 7.65 Å². The van der Waals surface area contributed by atoms with Crippen molar-refractivity contribution in [3.05, 3.63) is 0 Å². The average molecular weight is 237 g/mol. The van der Waals surface area contributed by atoms with E-state index in [2.05, 4.69) is 32.4 Å². The summed E-state index contributed by atoms with van der Waals surface area (Å²) in [5.74, 6) is 0. The molecule has 0 bridgehead atoms. The van der Waals surface area contributed by atoms with E-state index in [0.29, 0.717) is 25.1 Å². The Labute approximate surface area is 92.7 Å². The van der Waals surface area contributed by atoms with E-state index in [-0.39, 0.29) is 0 Å². The molecule has 0 aliphatic heterocycles. The molecule has 0 N–H and O–H groups in total. The Morgan fingerprint density at radius 1 is 1.36 bits per heavy atom. The lowest BCUT2D eigenvalue weighted by Gasteiger charge is -2.32. The normalized spacial score (nSPS) is 13.6. The van der Waals surface area contributed by atoms with Crippen molar-refractivity contribution in [1.82, 2.24) is 4.67 Å². The molecule has 0 unspecified atom stereocenters. The summed E-state index contributed by atoms with van der Waals surface area (Å²) in [6.07, 6.45) is 0.398. The molecule has 1 atom stereocenters. The first kappa shape index (κ1) is 14.1. The fraction of sp³-hybridized carbons (Fsp3) is 0.889. The maximum atomic E-state index is 8.36. The zero-order valence-corrected chi connectivity index (χ0v) is 10.8. The maximum Gasteiger partial charge on any atom is 0.207 e. The number of halogens is 1. The molecule has 0 amide bonds. The highest BCUT2D eigenvalue weighted by atomic mass is 35.7. The van der Waals surface area contributed by atoms with E-state index in [1.165, 1.54) is 0 Å². The average Bonchev–Trinajstić information content (AvgIpc) is 2.03. The first-order valence-corrected chi connectivity index (χ1v) is 6.86. The summed E-state index contributed by atoms with van der Waals surface area (Å²) in [6, 6.07) is 2.75. The van der Waals surface area contributed by atoms with Gasteiger partial charge in [0.1, 0.15) is 0 Å². The molecule has 0 heterocycles. The lowest BCUT2D eigenvalue weighted by atomic mass is 10.3. The van der Waals surface area contributed by atoms with Crippen LogP contribution in [-0.2, 0) is 4.52 Å². The van der Waals surface area contributed by atoms with Gasteiger partial charge in [-0.3, -0.25) is 0 Å². The van der Waals surface area contributed by atoms with E-state index in [4.69, 9.17) is 21.0 Å². The van der Waals surface area contributed by atoms with Crippen molar-refractivity contribution in [2.75, 3.05) is 6.61 Å². The maximum absolute atomic E-state index is 8.36. The van der Waals surface area contributed by atoms with E-state index in [9.17, 15) is 0 Å². The molecule has 3 nitrogen and oxygen atoms in total. The lowest BCUT2D eigenvalue weighted by molar-refractivity contribution is 0.266. The van der Waals surface area contributed by atoms with Crippen LogP contribution >= 0.6 is 18.9 Å². The SMILES string of the molecule is CC(C)N(C(C)C)[P@@](Cl)OCCC#N. The van der Waals surface area contributed by atoms with Crippen LogP contribution in [0, 0.1) is 11.3 Å². The summed E-state index contributed by atoms with van der Waals surface area (Å²) in [7, 11) is -1.08. The first-order chi connectivity index (χ1) is 6.50. The van der Waals surface area contributed by atoms with Crippen LogP contribution in [-0.4, -0.2) is 23.4 Å². The van der Waals surface area contributed by atoms with Gasteiger partial charge in [0, 0.05) is 12.1 Å². The van der Waals surface area contributed by atoms with Gasteiger partial charge in [-0.2, -0.15) is 5.26 Å². The zero-order chi connectivity index (χ0) is 11.1. The third kappa shape index (κ3) is 5.12. The molecule has 0 fully saturated rings. The molecule has 0 aliphatic carbocycles. The van der Waals surface area contributed by atoms with Crippen LogP contribution < -0.4 is 0 Å². The van der Waals surface area contributed by atoms with Gasteiger partial charge in [0.15, 0.2) is 0 Å². The number of nitrogens with zero attached hydrogens (tertiary/aromatic N) is 2. The predicted octanol–water partition coefficient (Wildman–Crippen LogP) is 3.50. The molecule has 0 spiro atoms. The minimum Gasteiger partial charge on any atom is -0.330 e. The second-order valence-corrected chi connectivity index (χ2v) is 5.58. The Morgan fingerprint density at radius 2 is 1.86 bits per heavy atom. The van der Waals surface area contributed by atoms with Gasteiger partial charge in [-0.25, -0.2) is 4.67 Å². The Kier molecular flexibility index (Phi) is 7.49. The molecule has 14 heavy (non-hydrogen) atoms. The Balaban J connectivity index is 4.03. The van der Waals surface area contributed by atoms with Gasteiger partial charge in [-0.15, -0.1) is 0 Å². The van der Waals surface area contributed by atoms with Crippen molar-refractivity contribution < 1.29 is 4.52 Å². The van der Waals surface area contributed by atoms with Crippen LogP contribution in [0.5, 0.6) is 0 Å². The van der Waals surface area contributed by atoms with Gasteiger partial charge in [0.05, 0.1) is 19.1 Å². The summed E-state index contributed by atoms with van der Waals surface area (Å²) < 4.78 is 7.52. The van der Waals surface area contributed by atoms with Crippen LogP contribution in [0.1, 0.15) is 34.1 Å². The number of hydrogen-bond donors (Lipinski definition) is 0. The highest BCUT2D eigenvalue weighted by Crippen LogP contribution is 2.49. The smallest absolute Gasteiger partial charge is 0.207 e. The van der Waals surface area contributed by atoms with E-state index >= 15 is 0 Å². The van der Waals surface area contributed by atoms with E-state index in [1.807, 2.05) is 6.07 Å². The second kappa shape index (κ2) is 7.43. The molecule has 0 aromatic rings. The molecule has 0 saturated carbocycles. The minimum absolute atomic E-state index is 0.362. The third-order valence-corrected chi connectivity index (χ3v) is 4.15. The largest absolute Gasteiger partial charge is 0.330 e. The highest BCUT2D eigenvalue weighted by molar-refractivity contribution is 7.78. The van der Waals surface area contributed by atoms with Crippen LogP contribution in [0.3, 0.4) is 0 Å². The monoisotopic (exact) mass is 236 g/mol. The fourth-order valence-corrected chi connectivity index (χ4v) is 3.55. The number of hydrogen-bond acceptors (Lipinski definition) is 3. The van der Waals surface area contributed by atoms with Crippen molar-refractivity contribution in [2.24, 2.45) is 0 Å². The number of rotatable bonds is 6. The second-order valence-electron chi connectivity index (χ2n) is 3.54. The molecule has 0 rings (SSSR count). The van der Waals surface area contributed by atoms with Gasteiger partial charge in [-0.1, -0.05) is 0 Å². The quantitative estimate of drug-likeness (QED) is 0.523. The van der Waals surface area contributed by atoms with Gasteiger partial charge < -0.3 is 4.52 Å². The summed E-state index contributed by atoms with van der Waals surface area (Å²) >= 11 is 6.13. The molecular weight excluding hydrogens is 219 g/mol. The Morgan fingerprint density at radius 3 is 2.21 bits per heavy atom. The molecule has 5 heteroatoms. The fourth-order valence-electron chi connectivity index (χ4n) is 1.19. The molecule has 0 aromatic carbocycles. The van der Waals surface area contributed by atoms with Crippen LogP contribution in [0.15, 0.2) is 0 Å². The van der Waals surface area contributed by atoms with E-state index in [1.54, 1.807) is 0 Å². The van der Waals surface area contributed by atoms with Crippen LogP contribution in [0.2, 0.25) is 0 Å². The van der Waals surface area contributed by atoms with Gasteiger partial charge in [0.25, 0.3) is 0 Å².